The highest BCUT2D eigenvalue weighted by Crippen LogP contribution is 2.55. The van der Waals surface area contributed by atoms with E-state index in [0.717, 1.165) is 36.4 Å². The molecule has 2 nitrogen and oxygen atoms in total. The summed E-state index contributed by atoms with van der Waals surface area (Å²) in [4.78, 5) is 9.32. The lowest BCUT2D eigenvalue weighted by atomic mass is 10.2. The average molecular weight is 383 g/mol. The Balaban J connectivity index is 1.66. The Kier molecular flexibility index (Phi) is 4.09. The maximum atomic E-state index is 6.25. The van der Waals surface area contributed by atoms with Crippen LogP contribution in [0.25, 0.3) is 0 Å². The molecule has 0 fully saturated rings. The van der Waals surface area contributed by atoms with Gasteiger partial charge in [0.05, 0.1) is 10.0 Å². The summed E-state index contributed by atoms with van der Waals surface area (Å²) in [6, 6.07) is 15.5. The summed E-state index contributed by atoms with van der Waals surface area (Å²) in [6.07, 6.45) is 0. The van der Waals surface area contributed by atoms with Crippen molar-refractivity contribution in [1.29, 1.82) is 0 Å². The van der Waals surface area contributed by atoms with E-state index in [0.29, 0.717) is 0 Å². The fourth-order valence-corrected chi connectivity index (χ4v) is 8.37. The van der Waals surface area contributed by atoms with Crippen LogP contribution in [-0.4, -0.2) is 15.2 Å². The van der Waals surface area contributed by atoms with Gasteiger partial charge < -0.3 is 0 Å². The molecule has 2 aromatic carbocycles. The molecule has 2 heterocycles. The molecule has 0 bridgehead atoms. The van der Waals surface area contributed by atoms with Gasteiger partial charge >= 0.3 is 0 Å². The van der Waals surface area contributed by atoms with Crippen LogP contribution in [-0.2, 0) is 0 Å². The monoisotopic (exact) mass is 382 g/mol. The van der Waals surface area contributed by atoms with E-state index in [9.17, 15) is 0 Å². The van der Waals surface area contributed by atoms with Crippen LogP contribution in [0.2, 0.25) is 10.0 Å². The van der Waals surface area contributed by atoms with E-state index in [2.05, 4.69) is 9.98 Å². The van der Waals surface area contributed by atoms with Crippen molar-refractivity contribution in [2.45, 2.75) is 0 Å². The zero-order chi connectivity index (χ0) is 15.1. The number of hydrogen-bond acceptors (Lipinski definition) is 4. The maximum Gasteiger partial charge on any atom is 0.200 e. The minimum Gasteiger partial charge on any atom is -0.214 e. The summed E-state index contributed by atoms with van der Waals surface area (Å²) in [5.41, 5.74) is 1.94. The standard InChI is InChI=1S/C15H8Cl2N2S3/c16-11-7-3-1-5-9(11)13-18-15-19-14(21-22(15)20-13)10-6-2-4-8-12(10)17/h1-8H. The topological polar surface area (TPSA) is 24.7 Å². The van der Waals surface area contributed by atoms with Crippen LogP contribution in [0, 0.1) is 0 Å². The SMILES string of the molecule is Clc1ccccc1C1=NC2=S(S1)SC(c1ccccc1Cl)=N2. The van der Waals surface area contributed by atoms with Gasteiger partial charge in [-0.2, -0.15) is 0 Å². The largest absolute Gasteiger partial charge is 0.214 e. The number of rotatable bonds is 2. The molecule has 0 N–H and O–H groups in total. The van der Waals surface area contributed by atoms with Gasteiger partial charge in [0.1, 0.15) is 10.1 Å². The smallest absolute Gasteiger partial charge is 0.200 e. The lowest BCUT2D eigenvalue weighted by Gasteiger charge is -2.06. The average Bonchev–Trinajstić information content (AvgIpc) is 3.06. The van der Waals surface area contributed by atoms with Gasteiger partial charge in [-0.25, -0.2) is 9.98 Å². The zero-order valence-electron chi connectivity index (χ0n) is 11.0. The molecular weight excluding hydrogens is 375 g/mol. The van der Waals surface area contributed by atoms with Crippen LogP contribution in [0.15, 0.2) is 58.5 Å². The fourth-order valence-electron chi connectivity index (χ4n) is 2.03. The molecule has 2 aromatic rings. The molecule has 110 valence electrons. The molecule has 4 rings (SSSR count). The molecule has 0 unspecified atom stereocenters. The van der Waals surface area contributed by atoms with Crippen LogP contribution >= 0.6 is 53.3 Å². The quantitative estimate of drug-likeness (QED) is 0.479. The van der Waals surface area contributed by atoms with E-state index in [1.165, 1.54) is 0 Å². The molecule has 7 heteroatoms. The van der Waals surface area contributed by atoms with Gasteiger partial charge in [0.25, 0.3) is 0 Å². The van der Waals surface area contributed by atoms with Gasteiger partial charge in [0.2, 0.25) is 5.11 Å². The Labute approximate surface area is 147 Å². The van der Waals surface area contributed by atoms with Gasteiger partial charge in [-0.1, -0.05) is 59.6 Å². The molecule has 0 amide bonds. The fraction of sp³-hybridized carbons (Fsp3) is 0. The lowest BCUT2D eigenvalue weighted by Crippen LogP contribution is -1.98. The Morgan fingerprint density at radius 2 is 1.18 bits per heavy atom. The lowest BCUT2D eigenvalue weighted by molar-refractivity contribution is 1.58. The number of nitrogens with zero attached hydrogens (tertiary/aromatic N) is 2. The van der Waals surface area contributed by atoms with Crippen LogP contribution in [0.5, 0.6) is 0 Å². The minimum atomic E-state index is -0.120. The summed E-state index contributed by atoms with van der Waals surface area (Å²) in [6.45, 7) is 0. The second-order valence-electron chi connectivity index (χ2n) is 4.48. The molecule has 2 aliphatic rings. The third-order valence-electron chi connectivity index (χ3n) is 3.06. The molecule has 0 spiro atoms. The van der Waals surface area contributed by atoms with E-state index in [-0.39, 0.29) is 8.55 Å². The Hall–Kier alpha value is -0.720. The van der Waals surface area contributed by atoms with Gasteiger partial charge in [-0.05, 0) is 42.3 Å². The van der Waals surface area contributed by atoms with Crippen LogP contribution in [0.3, 0.4) is 0 Å². The van der Waals surface area contributed by atoms with Crippen molar-refractivity contribution in [3.05, 3.63) is 69.7 Å². The molecule has 0 atom stereocenters. The first-order valence-electron chi connectivity index (χ1n) is 6.37. The van der Waals surface area contributed by atoms with Crippen LogP contribution in [0.1, 0.15) is 11.1 Å². The summed E-state index contributed by atoms with van der Waals surface area (Å²) < 4.78 is 0. The first-order chi connectivity index (χ1) is 10.7. The van der Waals surface area contributed by atoms with E-state index in [1.807, 2.05) is 48.5 Å². The van der Waals surface area contributed by atoms with E-state index >= 15 is 0 Å². The Morgan fingerprint density at radius 3 is 1.59 bits per heavy atom. The van der Waals surface area contributed by atoms with Gasteiger partial charge in [-0.15, -0.1) is 0 Å². The van der Waals surface area contributed by atoms with Crippen molar-refractivity contribution in [3.8, 4) is 0 Å². The number of aliphatic imine (C=N–C) groups is 2. The van der Waals surface area contributed by atoms with Crippen molar-refractivity contribution in [1.82, 2.24) is 0 Å². The molecule has 0 saturated heterocycles. The van der Waals surface area contributed by atoms with Gasteiger partial charge in [0, 0.05) is 11.1 Å². The molecule has 0 saturated carbocycles. The van der Waals surface area contributed by atoms with Crippen molar-refractivity contribution in [3.63, 3.8) is 0 Å². The van der Waals surface area contributed by atoms with E-state index in [4.69, 9.17) is 23.2 Å². The molecule has 0 aliphatic carbocycles. The molecule has 0 radical (unpaired) electrons. The number of halogens is 2. The van der Waals surface area contributed by atoms with Crippen molar-refractivity contribution >= 4 is 68.5 Å². The molecule has 2 aliphatic heterocycles. The highest BCUT2D eigenvalue weighted by atomic mass is 35.5. The second-order valence-corrected chi connectivity index (χ2v) is 10.9. The highest BCUT2D eigenvalue weighted by Gasteiger charge is 2.28. The third-order valence-corrected chi connectivity index (χ3v) is 9.42. The zero-order valence-corrected chi connectivity index (χ0v) is 15.0. The van der Waals surface area contributed by atoms with Crippen molar-refractivity contribution in [2.24, 2.45) is 9.98 Å². The first-order valence-corrected chi connectivity index (χ1v) is 11.0. The minimum absolute atomic E-state index is 0.120. The normalized spacial score (nSPS) is 17.5. The van der Waals surface area contributed by atoms with Crippen LogP contribution in [0.4, 0.5) is 0 Å². The summed E-state index contributed by atoms with van der Waals surface area (Å²) in [7, 11) is 3.31. The second kappa shape index (κ2) is 6.06. The third kappa shape index (κ3) is 2.65. The Morgan fingerprint density at radius 1 is 0.727 bits per heavy atom. The van der Waals surface area contributed by atoms with Crippen molar-refractivity contribution < 1.29 is 0 Å². The molecule has 0 aromatic heterocycles. The Bertz CT molecular complexity index is 805. The first kappa shape index (κ1) is 14.8. The summed E-state index contributed by atoms with van der Waals surface area (Å²) >= 11 is 12.5. The highest BCUT2D eigenvalue weighted by molar-refractivity contribution is 9.21. The van der Waals surface area contributed by atoms with Crippen molar-refractivity contribution in [2.75, 3.05) is 0 Å². The predicted molar refractivity (Wildman–Crippen MR) is 104 cm³/mol. The molecule has 22 heavy (non-hydrogen) atoms. The predicted octanol–water partition coefficient (Wildman–Crippen LogP) is 5.87. The summed E-state index contributed by atoms with van der Waals surface area (Å²) in [5, 5.41) is 4.19. The van der Waals surface area contributed by atoms with Crippen LogP contribution < -0.4 is 0 Å². The number of hydrogen-bond donors (Lipinski definition) is 0. The van der Waals surface area contributed by atoms with Gasteiger partial charge in [-0.3, -0.25) is 0 Å². The number of benzene rings is 2. The van der Waals surface area contributed by atoms with Gasteiger partial charge in [0.15, 0.2) is 0 Å². The van der Waals surface area contributed by atoms with E-state index < -0.39 is 0 Å². The maximum absolute atomic E-state index is 6.25. The van der Waals surface area contributed by atoms with E-state index in [1.54, 1.807) is 21.6 Å². The molecular formula is C15H8Cl2N2S3. The summed E-state index contributed by atoms with van der Waals surface area (Å²) in [5.74, 6) is 0.